The van der Waals surface area contributed by atoms with Crippen molar-refractivity contribution in [2.75, 3.05) is 33.9 Å². The predicted molar refractivity (Wildman–Crippen MR) is 112 cm³/mol. The van der Waals surface area contributed by atoms with E-state index in [0.29, 0.717) is 35.7 Å². The molecule has 152 valence electrons. The molecule has 3 rings (SSSR count). The summed E-state index contributed by atoms with van der Waals surface area (Å²) in [7, 11) is 2.98. The number of rotatable bonds is 5. The number of phenolic OH excluding ortho intramolecular Hbond substituents is 2. The van der Waals surface area contributed by atoms with Gasteiger partial charge in [0.05, 0.1) is 14.2 Å². The molecule has 0 unspecified atom stereocenters. The fourth-order valence-electron chi connectivity index (χ4n) is 3.33. The molecule has 0 radical (unpaired) electrons. The van der Waals surface area contributed by atoms with Crippen molar-refractivity contribution in [2.24, 2.45) is 0 Å². The Morgan fingerprint density at radius 1 is 0.897 bits per heavy atom. The Bertz CT molecular complexity index is 902. The molecule has 0 atom stereocenters. The predicted octanol–water partition coefficient (Wildman–Crippen LogP) is 3.49. The highest BCUT2D eigenvalue weighted by Crippen LogP contribution is 2.30. The molecule has 6 heteroatoms. The van der Waals surface area contributed by atoms with Crippen LogP contribution in [0.3, 0.4) is 0 Å². The summed E-state index contributed by atoms with van der Waals surface area (Å²) >= 11 is 0. The molecule has 0 aromatic heterocycles. The number of carbonyl (C=O) groups excluding carboxylic acids is 1. The number of benzene rings is 2. The Balaban J connectivity index is 1.94. The number of ether oxygens (including phenoxy) is 2. The van der Waals surface area contributed by atoms with Gasteiger partial charge in [0.1, 0.15) is 0 Å². The molecule has 1 fully saturated rings. The molecular weight excluding hydrogens is 370 g/mol. The van der Waals surface area contributed by atoms with Crippen molar-refractivity contribution in [3.8, 4) is 23.0 Å². The highest BCUT2D eigenvalue weighted by molar-refractivity contribution is 6.14. The van der Waals surface area contributed by atoms with Gasteiger partial charge < -0.3 is 19.7 Å². The zero-order valence-corrected chi connectivity index (χ0v) is 16.8. The van der Waals surface area contributed by atoms with E-state index in [2.05, 4.69) is 4.90 Å². The summed E-state index contributed by atoms with van der Waals surface area (Å²) < 4.78 is 10.1. The topological polar surface area (TPSA) is 79.2 Å². The molecular formula is C23H25NO5. The first-order valence-electron chi connectivity index (χ1n) is 9.37. The third-order valence-corrected chi connectivity index (χ3v) is 4.91. The molecule has 1 heterocycles. The minimum absolute atomic E-state index is 0.0296. The van der Waals surface area contributed by atoms with Gasteiger partial charge in [0, 0.05) is 24.2 Å². The Hall–Kier alpha value is -3.25. The van der Waals surface area contributed by atoms with E-state index in [1.807, 2.05) is 6.92 Å². The minimum Gasteiger partial charge on any atom is -0.504 e. The van der Waals surface area contributed by atoms with Gasteiger partial charge in [-0.25, -0.2) is 0 Å². The molecule has 0 saturated carbocycles. The molecule has 0 aliphatic carbocycles. The fraction of sp³-hybridized carbons (Fsp3) is 0.261. The molecule has 2 N–H and O–H groups in total. The maximum absolute atomic E-state index is 13.1. The van der Waals surface area contributed by atoms with Crippen molar-refractivity contribution in [1.29, 1.82) is 0 Å². The molecule has 6 nitrogen and oxygen atoms in total. The van der Waals surface area contributed by atoms with E-state index in [1.165, 1.54) is 14.2 Å². The average molecular weight is 395 g/mol. The molecule has 0 amide bonds. The smallest absolute Gasteiger partial charge is 0.187 e. The first kappa shape index (κ1) is 20.5. The van der Waals surface area contributed by atoms with Crippen LogP contribution >= 0.6 is 0 Å². The van der Waals surface area contributed by atoms with Crippen LogP contribution in [-0.2, 0) is 4.79 Å². The maximum Gasteiger partial charge on any atom is 0.187 e. The quantitative estimate of drug-likeness (QED) is 0.755. The second-order valence-electron chi connectivity index (χ2n) is 6.83. The van der Waals surface area contributed by atoms with Gasteiger partial charge in [0.2, 0.25) is 0 Å². The third kappa shape index (κ3) is 4.60. The van der Waals surface area contributed by atoms with Crippen molar-refractivity contribution in [3.63, 3.8) is 0 Å². The second kappa shape index (κ2) is 8.84. The van der Waals surface area contributed by atoms with Crippen molar-refractivity contribution < 1.29 is 24.5 Å². The Labute approximate surface area is 170 Å². The average Bonchev–Trinajstić information content (AvgIpc) is 2.71. The summed E-state index contributed by atoms with van der Waals surface area (Å²) in [4.78, 5) is 15.2. The molecule has 1 aliphatic rings. The number of hydrogen-bond acceptors (Lipinski definition) is 6. The number of ketones is 1. The highest BCUT2D eigenvalue weighted by atomic mass is 16.5. The van der Waals surface area contributed by atoms with Gasteiger partial charge in [-0.2, -0.15) is 0 Å². The van der Waals surface area contributed by atoms with Gasteiger partial charge in [-0.1, -0.05) is 19.1 Å². The van der Waals surface area contributed by atoms with Crippen LogP contribution in [0.1, 0.15) is 18.1 Å². The maximum atomic E-state index is 13.1. The highest BCUT2D eigenvalue weighted by Gasteiger charge is 2.25. The van der Waals surface area contributed by atoms with Crippen LogP contribution in [0.4, 0.5) is 0 Å². The number of likely N-dealkylation sites (tertiary alicyclic amines) is 1. The third-order valence-electron chi connectivity index (χ3n) is 4.91. The summed E-state index contributed by atoms with van der Waals surface area (Å²) in [6.07, 6.45) is 3.59. The summed E-state index contributed by atoms with van der Waals surface area (Å²) in [5.41, 5.74) is 2.75. The lowest BCUT2D eigenvalue weighted by molar-refractivity contribution is -0.113. The monoisotopic (exact) mass is 395 g/mol. The van der Waals surface area contributed by atoms with E-state index in [4.69, 9.17) is 9.47 Å². The van der Waals surface area contributed by atoms with Gasteiger partial charge in [0.25, 0.3) is 0 Å². The van der Waals surface area contributed by atoms with Crippen molar-refractivity contribution in [1.82, 2.24) is 4.90 Å². The molecule has 2 aromatic rings. The zero-order valence-electron chi connectivity index (χ0n) is 16.8. The molecule has 29 heavy (non-hydrogen) atoms. The lowest BCUT2D eigenvalue weighted by Gasteiger charge is -2.28. The van der Waals surface area contributed by atoms with Crippen molar-refractivity contribution >= 4 is 17.9 Å². The van der Waals surface area contributed by atoms with Crippen molar-refractivity contribution in [2.45, 2.75) is 6.92 Å². The van der Waals surface area contributed by atoms with Crippen LogP contribution in [0.15, 0.2) is 47.5 Å². The summed E-state index contributed by atoms with van der Waals surface area (Å²) in [5, 5.41) is 20.0. The lowest BCUT2D eigenvalue weighted by atomic mass is 9.94. The van der Waals surface area contributed by atoms with E-state index in [9.17, 15) is 15.0 Å². The SMILES string of the molecule is CCN1CC(=Cc2ccc(OC)c(O)c2)C(=O)C(=Cc2ccc(OC)c(O)c2)C1. The Kier molecular flexibility index (Phi) is 6.24. The van der Waals surface area contributed by atoms with Crippen LogP contribution in [0.5, 0.6) is 23.0 Å². The summed E-state index contributed by atoms with van der Waals surface area (Å²) in [6, 6.07) is 10.1. The zero-order chi connectivity index (χ0) is 21.0. The number of hydrogen-bond donors (Lipinski definition) is 2. The van der Waals surface area contributed by atoms with Crippen LogP contribution < -0.4 is 9.47 Å². The normalized spacial score (nSPS) is 17.7. The summed E-state index contributed by atoms with van der Waals surface area (Å²) in [5.74, 6) is 0.790. The number of methoxy groups -OCH3 is 2. The van der Waals surface area contributed by atoms with E-state index >= 15 is 0 Å². The van der Waals surface area contributed by atoms with E-state index in [-0.39, 0.29) is 17.3 Å². The molecule has 1 saturated heterocycles. The number of aromatic hydroxyl groups is 2. The largest absolute Gasteiger partial charge is 0.504 e. The number of likely N-dealkylation sites (N-methyl/N-ethyl adjacent to an activating group) is 1. The van der Waals surface area contributed by atoms with Crippen molar-refractivity contribution in [3.05, 3.63) is 58.7 Å². The van der Waals surface area contributed by atoms with E-state index in [0.717, 1.165) is 17.7 Å². The molecule has 0 bridgehead atoms. The number of carbonyl (C=O) groups is 1. The first-order chi connectivity index (χ1) is 13.9. The number of Topliss-reactive ketones (excluding diaryl/α,β-unsaturated/α-hetero) is 1. The van der Waals surface area contributed by atoms with Gasteiger partial charge in [-0.3, -0.25) is 9.69 Å². The van der Waals surface area contributed by atoms with Crippen LogP contribution in [0.2, 0.25) is 0 Å². The minimum atomic E-state index is -0.0414. The first-order valence-corrected chi connectivity index (χ1v) is 9.37. The van der Waals surface area contributed by atoms with E-state index < -0.39 is 0 Å². The van der Waals surface area contributed by atoms with Gasteiger partial charge in [-0.15, -0.1) is 0 Å². The molecule has 2 aromatic carbocycles. The van der Waals surface area contributed by atoms with Crippen LogP contribution in [0.25, 0.3) is 12.2 Å². The Morgan fingerprint density at radius 3 is 1.69 bits per heavy atom. The number of nitrogens with zero attached hydrogens (tertiary/aromatic N) is 1. The Morgan fingerprint density at radius 2 is 1.34 bits per heavy atom. The standard InChI is InChI=1S/C23H25NO5/c1-4-24-13-17(9-15-5-7-21(28-2)19(25)11-15)23(27)18(14-24)10-16-6-8-22(29-3)20(26)12-16/h5-12,25-26H,4,13-14H2,1-3H3. The van der Waals surface area contributed by atoms with Gasteiger partial charge in [-0.05, 0) is 54.1 Å². The second-order valence-corrected chi connectivity index (χ2v) is 6.83. The number of phenols is 2. The van der Waals surface area contributed by atoms with Gasteiger partial charge in [0.15, 0.2) is 28.8 Å². The lowest BCUT2D eigenvalue weighted by Crippen LogP contribution is -2.37. The summed E-state index contributed by atoms with van der Waals surface area (Å²) in [6.45, 7) is 3.91. The molecule has 0 spiro atoms. The van der Waals surface area contributed by atoms with Crippen LogP contribution in [-0.4, -0.2) is 54.8 Å². The van der Waals surface area contributed by atoms with E-state index in [1.54, 1.807) is 48.6 Å². The van der Waals surface area contributed by atoms with Crippen LogP contribution in [0, 0.1) is 0 Å². The number of piperidine rings is 1. The molecule has 1 aliphatic heterocycles. The fourth-order valence-corrected chi connectivity index (χ4v) is 3.33. The van der Waals surface area contributed by atoms with Gasteiger partial charge >= 0.3 is 0 Å².